The van der Waals surface area contributed by atoms with E-state index in [-0.39, 0.29) is 22.4 Å². The van der Waals surface area contributed by atoms with Crippen molar-refractivity contribution in [3.8, 4) is 0 Å². The van der Waals surface area contributed by atoms with E-state index in [2.05, 4.69) is 0 Å². The smallest absolute Gasteiger partial charge is 0.243 e. The monoisotopic (exact) mass is 305 g/mol. The molecule has 4 N–H and O–H groups in total. The van der Waals surface area contributed by atoms with Crippen LogP contribution in [0, 0.1) is 0 Å². The molecule has 7 nitrogen and oxygen atoms in total. The average molecular weight is 305 g/mol. The van der Waals surface area contributed by atoms with Gasteiger partial charge in [0.25, 0.3) is 0 Å². The molecule has 19 heavy (non-hydrogen) atoms. The Morgan fingerprint density at radius 3 is 2.32 bits per heavy atom. The summed E-state index contributed by atoms with van der Waals surface area (Å²) in [4.78, 5) is -0.315. The SMILES string of the molecule is N[C@@H]1CCN(S(=O)(=O)c2cccc(S(N)(=O)=O)c2)C1. The molecule has 0 aromatic heterocycles. The second kappa shape index (κ2) is 4.84. The predicted octanol–water partition coefficient (Wildman–Crippen LogP) is -0.944. The largest absolute Gasteiger partial charge is 0.326 e. The number of nitrogens with two attached hydrogens (primary N) is 2. The van der Waals surface area contributed by atoms with Gasteiger partial charge in [0.15, 0.2) is 0 Å². The van der Waals surface area contributed by atoms with Gasteiger partial charge < -0.3 is 5.73 Å². The van der Waals surface area contributed by atoms with Crippen LogP contribution in [0.25, 0.3) is 0 Å². The van der Waals surface area contributed by atoms with E-state index in [1.165, 1.54) is 22.5 Å². The second-order valence-electron chi connectivity index (χ2n) is 4.43. The van der Waals surface area contributed by atoms with E-state index in [9.17, 15) is 16.8 Å². The van der Waals surface area contributed by atoms with Gasteiger partial charge >= 0.3 is 0 Å². The molecule has 1 saturated heterocycles. The number of hydrogen-bond donors (Lipinski definition) is 2. The second-order valence-corrected chi connectivity index (χ2v) is 7.93. The summed E-state index contributed by atoms with van der Waals surface area (Å²) in [5, 5.41) is 4.99. The van der Waals surface area contributed by atoms with Gasteiger partial charge in [-0.05, 0) is 24.6 Å². The van der Waals surface area contributed by atoms with Crippen molar-refractivity contribution in [3.63, 3.8) is 0 Å². The Kier molecular flexibility index (Phi) is 3.67. The lowest BCUT2D eigenvalue weighted by molar-refractivity contribution is 0.472. The zero-order valence-corrected chi connectivity index (χ0v) is 11.7. The Morgan fingerprint density at radius 1 is 1.16 bits per heavy atom. The molecular weight excluding hydrogens is 290 g/mol. The van der Waals surface area contributed by atoms with Gasteiger partial charge in [0.05, 0.1) is 9.79 Å². The van der Waals surface area contributed by atoms with Crippen molar-refractivity contribution in [1.82, 2.24) is 4.31 Å². The highest BCUT2D eigenvalue weighted by atomic mass is 32.2. The Hall–Kier alpha value is -1.00. The summed E-state index contributed by atoms with van der Waals surface area (Å²) in [6, 6.07) is 4.82. The van der Waals surface area contributed by atoms with Crippen molar-refractivity contribution in [2.75, 3.05) is 13.1 Å². The fraction of sp³-hybridized carbons (Fsp3) is 0.400. The van der Waals surface area contributed by atoms with E-state index in [0.717, 1.165) is 6.07 Å². The number of nitrogens with zero attached hydrogens (tertiary/aromatic N) is 1. The summed E-state index contributed by atoms with van der Waals surface area (Å²) in [5.41, 5.74) is 5.68. The van der Waals surface area contributed by atoms with Crippen molar-refractivity contribution < 1.29 is 16.8 Å². The lowest BCUT2D eigenvalue weighted by atomic mass is 10.3. The first-order valence-electron chi connectivity index (χ1n) is 5.60. The quantitative estimate of drug-likeness (QED) is 0.745. The number of primary sulfonamides is 1. The summed E-state index contributed by atoms with van der Waals surface area (Å²) in [5.74, 6) is 0. The summed E-state index contributed by atoms with van der Waals surface area (Å²) < 4.78 is 48.3. The molecule has 0 amide bonds. The normalized spacial score (nSPS) is 21.7. The molecule has 106 valence electrons. The third kappa shape index (κ3) is 2.95. The Bertz CT molecular complexity index is 684. The van der Waals surface area contributed by atoms with E-state index in [1.807, 2.05) is 0 Å². The van der Waals surface area contributed by atoms with Crippen LogP contribution in [0.3, 0.4) is 0 Å². The first-order valence-corrected chi connectivity index (χ1v) is 8.58. The van der Waals surface area contributed by atoms with Gasteiger partial charge in [-0.1, -0.05) is 6.07 Å². The topological polar surface area (TPSA) is 124 Å². The summed E-state index contributed by atoms with van der Waals surface area (Å²) in [6.45, 7) is 0.574. The highest BCUT2D eigenvalue weighted by Crippen LogP contribution is 2.22. The van der Waals surface area contributed by atoms with Gasteiger partial charge in [-0.15, -0.1) is 0 Å². The first kappa shape index (κ1) is 14.4. The average Bonchev–Trinajstić information content (AvgIpc) is 2.76. The zero-order valence-electron chi connectivity index (χ0n) is 10.1. The molecule has 1 fully saturated rings. The molecule has 0 aliphatic carbocycles. The van der Waals surface area contributed by atoms with Crippen molar-refractivity contribution >= 4 is 20.0 Å². The lowest BCUT2D eigenvalue weighted by Crippen LogP contribution is -2.32. The Balaban J connectivity index is 2.42. The maximum atomic E-state index is 12.3. The fourth-order valence-electron chi connectivity index (χ4n) is 1.93. The minimum Gasteiger partial charge on any atom is -0.326 e. The summed E-state index contributed by atoms with van der Waals surface area (Å²) in [7, 11) is -7.65. The molecule has 1 aromatic rings. The molecule has 1 aliphatic heterocycles. The Morgan fingerprint density at radius 2 is 1.79 bits per heavy atom. The van der Waals surface area contributed by atoms with Crippen LogP contribution in [0.4, 0.5) is 0 Å². The molecule has 1 aromatic carbocycles. The molecule has 0 unspecified atom stereocenters. The van der Waals surface area contributed by atoms with Crippen molar-refractivity contribution in [3.05, 3.63) is 24.3 Å². The van der Waals surface area contributed by atoms with Crippen LogP contribution in [-0.2, 0) is 20.0 Å². The number of rotatable bonds is 3. The number of sulfonamides is 2. The molecule has 1 atom stereocenters. The highest BCUT2D eigenvalue weighted by molar-refractivity contribution is 7.90. The zero-order chi connectivity index (χ0) is 14.3. The molecule has 0 spiro atoms. The van der Waals surface area contributed by atoms with Crippen LogP contribution in [0.5, 0.6) is 0 Å². The third-order valence-electron chi connectivity index (χ3n) is 2.96. The first-order chi connectivity index (χ1) is 8.71. The molecule has 1 heterocycles. The van der Waals surface area contributed by atoms with E-state index in [4.69, 9.17) is 10.9 Å². The Labute approximate surface area is 112 Å². The van der Waals surface area contributed by atoms with Gasteiger partial charge in [0, 0.05) is 19.1 Å². The van der Waals surface area contributed by atoms with Gasteiger partial charge in [-0.2, -0.15) is 4.31 Å². The minimum absolute atomic E-state index is 0.0897. The molecule has 1 aliphatic rings. The fourth-order valence-corrected chi connectivity index (χ4v) is 4.13. The number of benzene rings is 1. The highest BCUT2D eigenvalue weighted by Gasteiger charge is 2.31. The van der Waals surface area contributed by atoms with Gasteiger partial charge in [-0.3, -0.25) is 0 Å². The van der Waals surface area contributed by atoms with E-state index < -0.39 is 20.0 Å². The van der Waals surface area contributed by atoms with Crippen molar-refractivity contribution in [1.29, 1.82) is 0 Å². The molecule has 9 heteroatoms. The van der Waals surface area contributed by atoms with Crippen LogP contribution >= 0.6 is 0 Å². The van der Waals surface area contributed by atoms with E-state index in [1.54, 1.807) is 0 Å². The minimum atomic E-state index is -3.93. The summed E-state index contributed by atoms with van der Waals surface area (Å²) in [6.07, 6.45) is 0.591. The summed E-state index contributed by atoms with van der Waals surface area (Å²) >= 11 is 0. The molecule has 0 saturated carbocycles. The van der Waals surface area contributed by atoms with E-state index in [0.29, 0.717) is 13.0 Å². The van der Waals surface area contributed by atoms with Gasteiger partial charge in [-0.25, -0.2) is 22.0 Å². The molecular formula is C10H15N3O4S2. The third-order valence-corrected chi connectivity index (χ3v) is 5.73. The number of hydrogen-bond acceptors (Lipinski definition) is 5. The van der Waals surface area contributed by atoms with Crippen LogP contribution in [0.1, 0.15) is 6.42 Å². The van der Waals surface area contributed by atoms with Crippen LogP contribution < -0.4 is 10.9 Å². The van der Waals surface area contributed by atoms with Crippen LogP contribution in [-0.4, -0.2) is 40.3 Å². The van der Waals surface area contributed by atoms with Crippen LogP contribution in [0.2, 0.25) is 0 Å². The van der Waals surface area contributed by atoms with Gasteiger partial charge in [0.2, 0.25) is 20.0 Å². The van der Waals surface area contributed by atoms with E-state index >= 15 is 0 Å². The maximum Gasteiger partial charge on any atom is 0.243 e. The van der Waals surface area contributed by atoms with Crippen molar-refractivity contribution in [2.45, 2.75) is 22.3 Å². The molecule has 2 rings (SSSR count). The lowest BCUT2D eigenvalue weighted by Gasteiger charge is -2.16. The van der Waals surface area contributed by atoms with Gasteiger partial charge in [0.1, 0.15) is 0 Å². The van der Waals surface area contributed by atoms with Crippen molar-refractivity contribution in [2.24, 2.45) is 10.9 Å². The molecule has 0 bridgehead atoms. The molecule has 0 radical (unpaired) electrons. The maximum absolute atomic E-state index is 12.3. The standard InChI is InChI=1S/C10H15N3O4S2/c11-8-4-5-13(7-8)19(16,17)10-3-1-2-9(6-10)18(12,14)15/h1-3,6,8H,4-5,7,11H2,(H2,12,14,15)/t8-/m1/s1. The predicted molar refractivity (Wildman–Crippen MR) is 69.2 cm³/mol. The van der Waals surface area contributed by atoms with Crippen LogP contribution in [0.15, 0.2) is 34.1 Å².